The number of aliphatic hydroxyl groups excluding tert-OH is 1. The summed E-state index contributed by atoms with van der Waals surface area (Å²) in [6.07, 6.45) is -3.15. The van der Waals surface area contributed by atoms with Gasteiger partial charge in [-0.15, -0.1) is 0 Å². The second-order valence-corrected chi connectivity index (χ2v) is 11.5. The van der Waals surface area contributed by atoms with Crippen LogP contribution in [0, 0.1) is 5.41 Å². The van der Waals surface area contributed by atoms with Crippen LogP contribution in [-0.4, -0.2) is 47.5 Å². The van der Waals surface area contributed by atoms with E-state index in [4.69, 9.17) is 18.9 Å². The van der Waals surface area contributed by atoms with Gasteiger partial charge in [0, 0.05) is 4.90 Å². The molecule has 1 fully saturated rings. The zero-order valence-corrected chi connectivity index (χ0v) is 22.9. The van der Waals surface area contributed by atoms with E-state index < -0.39 is 35.3 Å². The lowest BCUT2D eigenvalue weighted by molar-refractivity contribution is -0.240. The molecule has 7 heteroatoms. The van der Waals surface area contributed by atoms with Crippen LogP contribution in [0.3, 0.4) is 0 Å². The molecule has 5 atom stereocenters. The molecule has 3 aromatic carbocycles. The maximum atomic E-state index is 12.5. The number of thioether (sulfide) groups is 1. The molecule has 1 N–H and O–H groups in total. The average molecular weight is 537 g/mol. The van der Waals surface area contributed by atoms with Crippen molar-refractivity contribution in [2.75, 3.05) is 6.61 Å². The quantitative estimate of drug-likeness (QED) is 0.337. The molecule has 0 amide bonds. The predicted molar refractivity (Wildman–Crippen MR) is 147 cm³/mol. The summed E-state index contributed by atoms with van der Waals surface area (Å²) in [5, 5.41) is 11.4. The Balaban J connectivity index is 1.59. The van der Waals surface area contributed by atoms with E-state index in [1.54, 1.807) is 20.8 Å². The average Bonchev–Trinajstić information content (AvgIpc) is 2.92. The molecule has 1 aliphatic heterocycles. The molecule has 0 spiro atoms. The van der Waals surface area contributed by atoms with Gasteiger partial charge in [-0.2, -0.15) is 0 Å². The van der Waals surface area contributed by atoms with Crippen LogP contribution in [0.1, 0.15) is 31.9 Å². The highest BCUT2D eigenvalue weighted by atomic mass is 32.2. The van der Waals surface area contributed by atoms with Gasteiger partial charge in [0.25, 0.3) is 0 Å². The van der Waals surface area contributed by atoms with Gasteiger partial charge >= 0.3 is 5.97 Å². The van der Waals surface area contributed by atoms with Gasteiger partial charge in [0.1, 0.15) is 36.5 Å². The van der Waals surface area contributed by atoms with Gasteiger partial charge in [-0.3, -0.25) is 4.79 Å². The van der Waals surface area contributed by atoms with Crippen molar-refractivity contribution in [3.05, 3.63) is 102 Å². The number of carbonyl (C=O) groups excluding carboxylic acids is 1. The van der Waals surface area contributed by atoms with Crippen molar-refractivity contribution in [3.63, 3.8) is 0 Å². The Hall–Kier alpha value is -2.68. The summed E-state index contributed by atoms with van der Waals surface area (Å²) in [6, 6.07) is 29.6. The topological polar surface area (TPSA) is 74.2 Å². The summed E-state index contributed by atoms with van der Waals surface area (Å²) >= 11 is 1.50. The Kier molecular flexibility index (Phi) is 9.99. The van der Waals surface area contributed by atoms with Crippen molar-refractivity contribution in [3.8, 4) is 0 Å². The molecule has 3 unspecified atom stereocenters. The number of rotatable bonds is 10. The van der Waals surface area contributed by atoms with Gasteiger partial charge in [0.15, 0.2) is 0 Å². The summed E-state index contributed by atoms with van der Waals surface area (Å²) in [7, 11) is 0. The fourth-order valence-electron chi connectivity index (χ4n) is 4.03. The van der Waals surface area contributed by atoms with E-state index >= 15 is 0 Å². The molecule has 1 saturated heterocycles. The highest BCUT2D eigenvalue weighted by Gasteiger charge is 2.48. The molecule has 6 nitrogen and oxygen atoms in total. The maximum absolute atomic E-state index is 12.5. The van der Waals surface area contributed by atoms with Crippen molar-refractivity contribution < 1.29 is 28.8 Å². The maximum Gasteiger partial charge on any atom is 0.311 e. The highest BCUT2D eigenvalue weighted by molar-refractivity contribution is 7.99. The van der Waals surface area contributed by atoms with Crippen molar-refractivity contribution in [2.45, 2.75) is 68.7 Å². The van der Waals surface area contributed by atoms with E-state index in [1.807, 2.05) is 91.0 Å². The molecule has 0 aromatic heterocycles. The number of carbonyl (C=O) groups is 1. The lowest BCUT2D eigenvalue weighted by Crippen LogP contribution is -2.59. The molecule has 4 rings (SSSR count). The van der Waals surface area contributed by atoms with E-state index in [-0.39, 0.29) is 12.6 Å². The number of hydrogen-bond donors (Lipinski definition) is 1. The Morgan fingerprint density at radius 2 is 1.32 bits per heavy atom. The van der Waals surface area contributed by atoms with E-state index in [9.17, 15) is 9.90 Å². The Morgan fingerprint density at radius 3 is 1.84 bits per heavy atom. The van der Waals surface area contributed by atoms with Gasteiger partial charge < -0.3 is 24.1 Å². The van der Waals surface area contributed by atoms with Crippen LogP contribution >= 0.6 is 11.8 Å². The van der Waals surface area contributed by atoms with E-state index in [0.29, 0.717) is 13.2 Å². The first-order chi connectivity index (χ1) is 18.3. The second-order valence-electron chi connectivity index (χ2n) is 10.3. The van der Waals surface area contributed by atoms with Crippen LogP contribution in [0.2, 0.25) is 0 Å². The Labute approximate surface area is 229 Å². The van der Waals surface area contributed by atoms with Crippen molar-refractivity contribution in [1.82, 2.24) is 0 Å². The summed E-state index contributed by atoms with van der Waals surface area (Å²) in [5.41, 5.74) is 0.815. The highest BCUT2D eigenvalue weighted by Crippen LogP contribution is 2.37. The zero-order valence-electron chi connectivity index (χ0n) is 22.1. The minimum Gasteiger partial charge on any atom is -0.462 e. The third-order valence-corrected chi connectivity index (χ3v) is 7.33. The van der Waals surface area contributed by atoms with Crippen LogP contribution in [0.25, 0.3) is 0 Å². The van der Waals surface area contributed by atoms with Gasteiger partial charge in [-0.25, -0.2) is 0 Å². The number of benzene rings is 3. The largest absolute Gasteiger partial charge is 0.462 e. The Bertz CT molecular complexity index is 1120. The standard InChI is InChI=1S/C31H36O6S/c1-31(2,3)30(33)36-21-25-26(32)27(34-19-22-13-7-4-8-14-22)28(35-20-23-15-9-5-10-16-23)29(37-25)38-24-17-11-6-12-18-24/h4-18,25-29,32H,19-21H2,1-3H3/t25?,26-,27?,28?,29+/m1/s1. The van der Waals surface area contributed by atoms with Crippen LogP contribution in [0.4, 0.5) is 0 Å². The third kappa shape index (κ3) is 7.91. The van der Waals surface area contributed by atoms with Gasteiger partial charge in [0.2, 0.25) is 0 Å². The molecule has 0 bridgehead atoms. The van der Waals surface area contributed by atoms with E-state index in [1.165, 1.54) is 11.8 Å². The molecule has 0 radical (unpaired) electrons. The SMILES string of the molecule is CC(C)(C)C(=O)OCC1O[C@@H](Sc2ccccc2)C(OCc2ccccc2)C(OCc2ccccc2)[C@@H]1O. The number of aliphatic hydroxyl groups is 1. The number of esters is 1. The number of hydrogen-bond acceptors (Lipinski definition) is 7. The summed E-state index contributed by atoms with van der Waals surface area (Å²) < 4.78 is 24.7. The normalized spacial score (nSPS) is 23.6. The molecule has 202 valence electrons. The van der Waals surface area contributed by atoms with Gasteiger partial charge in [-0.05, 0) is 44.0 Å². The Morgan fingerprint density at radius 1 is 0.816 bits per heavy atom. The molecule has 3 aromatic rings. The smallest absolute Gasteiger partial charge is 0.311 e. The summed E-state index contributed by atoms with van der Waals surface area (Å²) in [6.45, 7) is 5.93. The van der Waals surface area contributed by atoms with E-state index in [2.05, 4.69) is 0 Å². The van der Waals surface area contributed by atoms with Crippen molar-refractivity contribution in [2.24, 2.45) is 5.41 Å². The van der Waals surface area contributed by atoms with Gasteiger partial charge in [-0.1, -0.05) is 90.6 Å². The van der Waals surface area contributed by atoms with Crippen molar-refractivity contribution in [1.29, 1.82) is 0 Å². The minimum absolute atomic E-state index is 0.0836. The summed E-state index contributed by atoms with van der Waals surface area (Å²) in [5.74, 6) is -0.357. The molecule has 0 aliphatic carbocycles. The predicted octanol–water partition coefficient (Wildman–Crippen LogP) is 5.62. The molecule has 1 aliphatic rings. The fraction of sp³-hybridized carbons (Fsp3) is 0.387. The zero-order chi connectivity index (χ0) is 27.0. The van der Waals surface area contributed by atoms with Crippen molar-refractivity contribution >= 4 is 17.7 Å². The molecule has 38 heavy (non-hydrogen) atoms. The van der Waals surface area contributed by atoms with E-state index in [0.717, 1.165) is 16.0 Å². The number of ether oxygens (including phenoxy) is 4. The lowest BCUT2D eigenvalue weighted by atomic mass is 9.97. The van der Waals surface area contributed by atoms with Crippen LogP contribution in [0.15, 0.2) is 95.9 Å². The molecular weight excluding hydrogens is 500 g/mol. The minimum atomic E-state index is -1.07. The molecule has 1 heterocycles. The first kappa shape index (κ1) is 28.3. The van der Waals surface area contributed by atoms with Crippen LogP contribution in [-0.2, 0) is 37.0 Å². The first-order valence-electron chi connectivity index (χ1n) is 12.8. The van der Waals surface area contributed by atoms with Crippen LogP contribution < -0.4 is 0 Å². The third-order valence-electron chi connectivity index (χ3n) is 6.18. The molecule has 0 saturated carbocycles. The monoisotopic (exact) mass is 536 g/mol. The summed E-state index contributed by atoms with van der Waals surface area (Å²) in [4.78, 5) is 13.5. The fourth-order valence-corrected chi connectivity index (χ4v) is 5.18. The lowest BCUT2D eigenvalue weighted by Gasteiger charge is -2.44. The second kappa shape index (κ2) is 13.4. The molecular formula is C31H36O6S. The first-order valence-corrected chi connectivity index (χ1v) is 13.7. The van der Waals surface area contributed by atoms with Gasteiger partial charge in [0.05, 0.1) is 18.6 Å². The van der Waals surface area contributed by atoms with Crippen LogP contribution in [0.5, 0.6) is 0 Å².